The van der Waals surface area contributed by atoms with Gasteiger partial charge in [0.05, 0.1) is 13.0 Å². The molecule has 0 aromatic heterocycles. The van der Waals surface area contributed by atoms with Gasteiger partial charge in [0.1, 0.15) is 6.29 Å². The fraction of sp³-hybridized carbons (Fsp3) is 0.385. The molecule has 17 heavy (non-hydrogen) atoms. The minimum atomic E-state index is -0.238. The van der Waals surface area contributed by atoms with Gasteiger partial charge in [0.15, 0.2) is 0 Å². The van der Waals surface area contributed by atoms with Crippen molar-refractivity contribution in [1.82, 2.24) is 0 Å². The first-order valence-corrected chi connectivity index (χ1v) is 6.33. The molecular formula is C13H15BrO3. The van der Waals surface area contributed by atoms with Crippen LogP contribution in [0, 0.1) is 0 Å². The van der Waals surface area contributed by atoms with Gasteiger partial charge in [-0.2, -0.15) is 0 Å². The van der Waals surface area contributed by atoms with Crippen LogP contribution in [0.2, 0.25) is 0 Å². The molecule has 3 nitrogen and oxygen atoms in total. The molecule has 1 aromatic rings. The van der Waals surface area contributed by atoms with Gasteiger partial charge in [0, 0.05) is 10.9 Å². The van der Waals surface area contributed by atoms with Crippen molar-refractivity contribution >= 4 is 28.2 Å². The molecule has 0 unspecified atom stereocenters. The molecule has 0 aliphatic rings. The van der Waals surface area contributed by atoms with E-state index < -0.39 is 0 Å². The Labute approximate surface area is 109 Å². The fourth-order valence-corrected chi connectivity index (χ4v) is 1.99. The lowest BCUT2D eigenvalue weighted by Gasteiger charge is -2.08. The van der Waals surface area contributed by atoms with Gasteiger partial charge in [-0.3, -0.25) is 4.79 Å². The number of esters is 1. The number of carbonyl (C=O) groups excluding carboxylic acids is 2. The third kappa shape index (κ3) is 4.69. The summed E-state index contributed by atoms with van der Waals surface area (Å²) in [5.74, 6) is -0.238. The second kappa shape index (κ2) is 7.22. The number of aryl methyl sites for hydroxylation is 1. The first-order valence-electron chi connectivity index (χ1n) is 5.54. The number of halogens is 1. The maximum atomic E-state index is 11.4. The highest BCUT2D eigenvalue weighted by atomic mass is 79.9. The number of carbonyl (C=O) groups is 2. The molecule has 0 saturated heterocycles. The number of ether oxygens (including phenoxy) is 1. The Morgan fingerprint density at radius 1 is 1.41 bits per heavy atom. The van der Waals surface area contributed by atoms with Crippen molar-refractivity contribution in [3.05, 3.63) is 33.8 Å². The van der Waals surface area contributed by atoms with E-state index in [1.54, 1.807) is 6.92 Å². The molecule has 0 fully saturated rings. The Hall–Kier alpha value is -1.16. The normalized spacial score (nSPS) is 10.0. The second-order valence-corrected chi connectivity index (χ2v) is 4.52. The summed E-state index contributed by atoms with van der Waals surface area (Å²) >= 11 is 3.37. The molecule has 1 rings (SSSR count). The van der Waals surface area contributed by atoms with Crippen molar-refractivity contribution < 1.29 is 14.3 Å². The van der Waals surface area contributed by atoms with Gasteiger partial charge >= 0.3 is 5.97 Å². The lowest BCUT2D eigenvalue weighted by atomic mass is 10.0. The summed E-state index contributed by atoms with van der Waals surface area (Å²) in [4.78, 5) is 21.8. The minimum absolute atomic E-state index is 0.238. The summed E-state index contributed by atoms with van der Waals surface area (Å²) in [6.07, 6.45) is 2.26. The fourth-order valence-electron chi connectivity index (χ4n) is 1.58. The molecule has 0 aliphatic carbocycles. The number of hydrogen-bond donors (Lipinski definition) is 0. The Bertz CT molecular complexity index is 402. The molecule has 0 N–H and O–H groups in total. The first-order chi connectivity index (χ1) is 8.17. The van der Waals surface area contributed by atoms with Gasteiger partial charge in [-0.1, -0.05) is 22.0 Å². The standard InChI is InChI=1S/C13H15BrO3/c1-2-17-13(16)9-11-8-12(14)6-5-10(11)4-3-7-15/h5-8H,2-4,9H2,1H3. The van der Waals surface area contributed by atoms with Crippen molar-refractivity contribution in [3.8, 4) is 0 Å². The molecule has 92 valence electrons. The molecule has 4 heteroatoms. The molecule has 1 aromatic carbocycles. The molecule has 0 heterocycles. The van der Waals surface area contributed by atoms with Crippen molar-refractivity contribution in [3.63, 3.8) is 0 Å². The molecule has 0 amide bonds. The van der Waals surface area contributed by atoms with Crippen molar-refractivity contribution in [2.24, 2.45) is 0 Å². The maximum Gasteiger partial charge on any atom is 0.310 e. The van der Waals surface area contributed by atoms with Gasteiger partial charge in [-0.25, -0.2) is 0 Å². The minimum Gasteiger partial charge on any atom is -0.466 e. The third-order valence-electron chi connectivity index (χ3n) is 2.34. The average molecular weight is 299 g/mol. The highest BCUT2D eigenvalue weighted by Gasteiger charge is 2.09. The quantitative estimate of drug-likeness (QED) is 0.599. The molecule has 0 bridgehead atoms. The SMILES string of the molecule is CCOC(=O)Cc1cc(Br)ccc1CCC=O. The van der Waals surface area contributed by atoms with Gasteiger partial charge in [0.25, 0.3) is 0 Å². The van der Waals surface area contributed by atoms with E-state index in [0.29, 0.717) is 19.4 Å². The van der Waals surface area contributed by atoms with Crippen LogP contribution in [0.3, 0.4) is 0 Å². The van der Waals surface area contributed by atoms with E-state index in [1.165, 1.54) is 0 Å². The van der Waals surface area contributed by atoms with Crippen LogP contribution in [-0.2, 0) is 27.2 Å². The van der Waals surface area contributed by atoms with Crippen molar-refractivity contribution in [2.75, 3.05) is 6.61 Å². The Balaban J connectivity index is 2.82. The van der Waals surface area contributed by atoms with Crippen LogP contribution in [0.15, 0.2) is 22.7 Å². The number of hydrogen-bond acceptors (Lipinski definition) is 3. The predicted molar refractivity (Wildman–Crippen MR) is 68.9 cm³/mol. The molecule has 0 aliphatic heterocycles. The molecule has 0 radical (unpaired) electrons. The van der Waals surface area contributed by atoms with Crippen molar-refractivity contribution in [2.45, 2.75) is 26.2 Å². The second-order valence-electron chi connectivity index (χ2n) is 3.60. The van der Waals surface area contributed by atoms with Crippen LogP contribution in [0.5, 0.6) is 0 Å². The topological polar surface area (TPSA) is 43.4 Å². The van der Waals surface area contributed by atoms with Crippen LogP contribution in [0.25, 0.3) is 0 Å². The average Bonchev–Trinajstić information content (AvgIpc) is 2.28. The van der Waals surface area contributed by atoms with E-state index in [0.717, 1.165) is 21.9 Å². The van der Waals surface area contributed by atoms with Crippen LogP contribution in [0.1, 0.15) is 24.5 Å². The van der Waals surface area contributed by atoms with Gasteiger partial charge in [-0.05, 0) is 36.6 Å². The van der Waals surface area contributed by atoms with Gasteiger partial charge in [-0.15, -0.1) is 0 Å². The van der Waals surface area contributed by atoms with E-state index in [-0.39, 0.29) is 12.4 Å². The van der Waals surface area contributed by atoms with E-state index in [4.69, 9.17) is 4.74 Å². The summed E-state index contributed by atoms with van der Waals surface area (Å²) in [6.45, 7) is 2.17. The number of benzene rings is 1. The van der Waals surface area contributed by atoms with E-state index in [2.05, 4.69) is 15.9 Å². The smallest absolute Gasteiger partial charge is 0.310 e. The van der Waals surface area contributed by atoms with Crippen molar-refractivity contribution in [1.29, 1.82) is 0 Å². The zero-order valence-corrected chi connectivity index (χ0v) is 11.3. The lowest BCUT2D eigenvalue weighted by Crippen LogP contribution is -2.09. The van der Waals surface area contributed by atoms with Crippen LogP contribution in [-0.4, -0.2) is 18.9 Å². The summed E-state index contributed by atoms with van der Waals surface area (Å²) in [7, 11) is 0. The number of rotatable bonds is 6. The number of aldehydes is 1. The third-order valence-corrected chi connectivity index (χ3v) is 2.83. The first kappa shape index (κ1) is 13.9. The van der Waals surface area contributed by atoms with Crippen LogP contribution >= 0.6 is 15.9 Å². The molecular weight excluding hydrogens is 284 g/mol. The zero-order valence-electron chi connectivity index (χ0n) is 9.74. The van der Waals surface area contributed by atoms with Gasteiger partial charge in [0.2, 0.25) is 0 Å². The highest BCUT2D eigenvalue weighted by molar-refractivity contribution is 9.10. The molecule has 0 spiro atoms. The van der Waals surface area contributed by atoms with E-state index >= 15 is 0 Å². The van der Waals surface area contributed by atoms with Crippen LogP contribution in [0.4, 0.5) is 0 Å². The molecule has 0 saturated carbocycles. The van der Waals surface area contributed by atoms with Crippen LogP contribution < -0.4 is 0 Å². The Morgan fingerprint density at radius 3 is 2.82 bits per heavy atom. The maximum absolute atomic E-state index is 11.4. The summed E-state index contributed by atoms with van der Waals surface area (Å²) in [6, 6.07) is 5.74. The highest BCUT2D eigenvalue weighted by Crippen LogP contribution is 2.19. The molecule has 0 atom stereocenters. The monoisotopic (exact) mass is 298 g/mol. The van der Waals surface area contributed by atoms with Gasteiger partial charge < -0.3 is 9.53 Å². The summed E-state index contributed by atoms with van der Waals surface area (Å²) < 4.78 is 5.84. The Morgan fingerprint density at radius 2 is 2.18 bits per heavy atom. The van der Waals surface area contributed by atoms with E-state index in [1.807, 2.05) is 18.2 Å². The summed E-state index contributed by atoms with van der Waals surface area (Å²) in [5.41, 5.74) is 1.94. The van der Waals surface area contributed by atoms with E-state index in [9.17, 15) is 9.59 Å². The zero-order chi connectivity index (χ0) is 12.7. The largest absolute Gasteiger partial charge is 0.466 e. The Kier molecular flexibility index (Phi) is 5.91. The lowest BCUT2D eigenvalue weighted by molar-refractivity contribution is -0.142. The predicted octanol–water partition coefficient (Wildman–Crippen LogP) is 2.69. The summed E-state index contributed by atoms with van der Waals surface area (Å²) in [5, 5.41) is 0.